The zero-order valence-electron chi connectivity index (χ0n) is 17.9. The van der Waals surface area contributed by atoms with Crippen molar-refractivity contribution < 1.29 is 14.3 Å². The summed E-state index contributed by atoms with van der Waals surface area (Å²) in [5.74, 6) is 1.12. The SMILES string of the molecule is CCC(=O)C1CN(C(=O)c2cnc3c(c2)OCCN3c2ccn3c(=O)c(C)cnc3c2)C1. The second-order valence-corrected chi connectivity index (χ2v) is 8.13. The Bertz CT molecular complexity index is 1300. The van der Waals surface area contributed by atoms with Crippen molar-refractivity contribution in [2.24, 2.45) is 5.92 Å². The number of nitrogens with zero attached hydrogens (tertiary/aromatic N) is 5. The van der Waals surface area contributed by atoms with E-state index in [0.29, 0.717) is 61.0 Å². The molecule has 9 nitrogen and oxygen atoms in total. The molecule has 0 saturated carbocycles. The van der Waals surface area contributed by atoms with E-state index in [4.69, 9.17) is 4.74 Å². The van der Waals surface area contributed by atoms with Crippen LogP contribution in [0.15, 0.2) is 41.6 Å². The van der Waals surface area contributed by atoms with Crippen molar-refractivity contribution in [2.45, 2.75) is 20.3 Å². The van der Waals surface area contributed by atoms with E-state index in [1.54, 1.807) is 36.5 Å². The van der Waals surface area contributed by atoms with Crippen molar-refractivity contribution in [3.05, 3.63) is 58.3 Å². The fraction of sp³-hybridized carbons (Fsp3) is 0.348. The topological polar surface area (TPSA) is 97.1 Å². The van der Waals surface area contributed by atoms with Gasteiger partial charge in [-0.2, -0.15) is 0 Å². The van der Waals surface area contributed by atoms with Gasteiger partial charge in [0.05, 0.1) is 18.0 Å². The minimum absolute atomic E-state index is 0.0564. The number of carbonyl (C=O) groups excluding carboxylic acids is 2. The Labute approximate surface area is 184 Å². The van der Waals surface area contributed by atoms with E-state index in [1.165, 1.54) is 4.40 Å². The van der Waals surface area contributed by atoms with Crippen molar-refractivity contribution >= 4 is 28.8 Å². The molecule has 1 saturated heterocycles. The molecular weight excluding hydrogens is 410 g/mol. The van der Waals surface area contributed by atoms with Crippen LogP contribution in [0.2, 0.25) is 0 Å². The molecule has 9 heteroatoms. The zero-order valence-corrected chi connectivity index (χ0v) is 17.9. The molecule has 3 aromatic heterocycles. The Morgan fingerprint density at radius 2 is 2.00 bits per heavy atom. The number of fused-ring (bicyclic) bond motifs is 2. The average molecular weight is 433 g/mol. The minimum Gasteiger partial charge on any atom is -0.488 e. The highest BCUT2D eigenvalue weighted by molar-refractivity contribution is 5.97. The van der Waals surface area contributed by atoms with Gasteiger partial charge in [0.25, 0.3) is 11.5 Å². The van der Waals surface area contributed by atoms with Crippen LogP contribution in [-0.4, -0.2) is 57.2 Å². The Morgan fingerprint density at radius 3 is 2.78 bits per heavy atom. The van der Waals surface area contributed by atoms with Crippen molar-refractivity contribution in [1.82, 2.24) is 19.3 Å². The normalized spacial score (nSPS) is 15.8. The number of aromatic nitrogens is 3. The predicted octanol–water partition coefficient (Wildman–Crippen LogP) is 1.98. The third kappa shape index (κ3) is 3.30. The van der Waals surface area contributed by atoms with Crippen molar-refractivity contribution in [3.63, 3.8) is 0 Å². The number of likely N-dealkylation sites (tertiary alicyclic amines) is 1. The first-order chi connectivity index (χ1) is 15.5. The van der Waals surface area contributed by atoms with Crippen molar-refractivity contribution in [1.29, 1.82) is 0 Å². The van der Waals surface area contributed by atoms with Crippen LogP contribution in [0.5, 0.6) is 5.75 Å². The lowest BCUT2D eigenvalue weighted by Gasteiger charge is -2.38. The summed E-state index contributed by atoms with van der Waals surface area (Å²) in [5, 5.41) is 0. The molecule has 0 spiro atoms. The van der Waals surface area contributed by atoms with Crippen LogP contribution in [-0.2, 0) is 4.79 Å². The van der Waals surface area contributed by atoms with Gasteiger partial charge in [-0.15, -0.1) is 0 Å². The third-order valence-corrected chi connectivity index (χ3v) is 6.06. The molecule has 5 rings (SSSR count). The first-order valence-corrected chi connectivity index (χ1v) is 10.7. The Morgan fingerprint density at radius 1 is 1.19 bits per heavy atom. The van der Waals surface area contributed by atoms with Crippen molar-refractivity contribution in [3.8, 4) is 5.75 Å². The molecule has 164 valence electrons. The summed E-state index contributed by atoms with van der Waals surface area (Å²) in [6, 6.07) is 5.39. The lowest BCUT2D eigenvalue weighted by atomic mass is 9.93. The van der Waals surface area contributed by atoms with Gasteiger partial charge in [-0.1, -0.05) is 6.92 Å². The lowest BCUT2D eigenvalue weighted by molar-refractivity contribution is -0.126. The molecule has 3 aromatic rings. The van der Waals surface area contributed by atoms with E-state index < -0.39 is 0 Å². The number of amides is 1. The number of aryl methyl sites for hydroxylation is 1. The van der Waals surface area contributed by atoms with Crippen LogP contribution in [0.25, 0.3) is 5.65 Å². The smallest absolute Gasteiger partial charge is 0.260 e. The van der Waals surface area contributed by atoms with Gasteiger partial charge in [-0.3, -0.25) is 18.8 Å². The number of hydrogen-bond acceptors (Lipinski definition) is 7. The fourth-order valence-corrected chi connectivity index (χ4v) is 4.11. The molecule has 0 aromatic carbocycles. The molecule has 1 amide bonds. The summed E-state index contributed by atoms with van der Waals surface area (Å²) in [5.41, 5.74) is 2.31. The highest BCUT2D eigenvalue weighted by Gasteiger charge is 2.35. The Balaban J connectivity index is 1.41. The molecule has 0 aliphatic carbocycles. The molecule has 0 unspecified atom stereocenters. The highest BCUT2D eigenvalue weighted by Crippen LogP contribution is 2.36. The quantitative estimate of drug-likeness (QED) is 0.621. The molecule has 0 atom stereocenters. The number of anilines is 2. The van der Waals surface area contributed by atoms with Crippen LogP contribution in [0, 0.1) is 12.8 Å². The summed E-state index contributed by atoms with van der Waals surface area (Å²) in [6.45, 7) is 5.50. The molecule has 0 radical (unpaired) electrons. The van der Waals surface area contributed by atoms with Crippen LogP contribution >= 0.6 is 0 Å². The third-order valence-electron chi connectivity index (χ3n) is 6.06. The van der Waals surface area contributed by atoms with Gasteiger partial charge in [0.2, 0.25) is 0 Å². The molecule has 2 aliphatic heterocycles. The standard InChI is InChI=1S/C23H23N5O4/c1-3-18(29)16-12-26(13-16)23(31)15-8-19-21(25-11-15)27(6-7-32-19)17-4-5-28-20(9-17)24-10-14(2)22(28)30/h4-5,8-11,16H,3,6-7,12-13H2,1-2H3. The van der Waals surface area contributed by atoms with Crippen LogP contribution in [0.1, 0.15) is 29.3 Å². The van der Waals surface area contributed by atoms with Crippen LogP contribution < -0.4 is 15.2 Å². The molecule has 32 heavy (non-hydrogen) atoms. The van der Waals surface area contributed by atoms with Gasteiger partial charge in [0.1, 0.15) is 18.0 Å². The number of ketones is 1. The van der Waals surface area contributed by atoms with E-state index in [1.807, 2.05) is 24.0 Å². The van der Waals surface area contributed by atoms with Crippen LogP contribution in [0.4, 0.5) is 11.5 Å². The Hall–Kier alpha value is -3.75. The van der Waals surface area contributed by atoms with E-state index in [0.717, 1.165) is 5.69 Å². The number of Topliss-reactive ketones (excluding diaryl/α,β-unsaturated/α-hetero) is 1. The van der Waals surface area contributed by atoms with Gasteiger partial charge < -0.3 is 14.5 Å². The molecule has 2 aliphatic rings. The first-order valence-electron chi connectivity index (χ1n) is 10.7. The molecule has 0 bridgehead atoms. The van der Waals surface area contributed by atoms with Gasteiger partial charge in [-0.05, 0) is 19.1 Å². The summed E-state index contributed by atoms with van der Waals surface area (Å²) in [6.07, 6.45) is 5.32. The second-order valence-electron chi connectivity index (χ2n) is 8.13. The van der Waals surface area contributed by atoms with Gasteiger partial charge in [0, 0.05) is 55.4 Å². The maximum Gasteiger partial charge on any atom is 0.260 e. The second kappa shape index (κ2) is 7.74. The predicted molar refractivity (Wildman–Crippen MR) is 118 cm³/mol. The number of ether oxygens (including phenoxy) is 1. The van der Waals surface area contributed by atoms with E-state index in [-0.39, 0.29) is 23.2 Å². The number of rotatable bonds is 4. The molecular formula is C23H23N5O4. The summed E-state index contributed by atoms with van der Waals surface area (Å²) in [4.78, 5) is 49.4. The highest BCUT2D eigenvalue weighted by atomic mass is 16.5. The number of carbonyl (C=O) groups is 2. The zero-order chi connectivity index (χ0) is 22.4. The van der Waals surface area contributed by atoms with E-state index in [2.05, 4.69) is 9.97 Å². The molecule has 5 heterocycles. The lowest BCUT2D eigenvalue weighted by Crippen LogP contribution is -2.52. The largest absolute Gasteiger partial charge is 0.488 e. The van der Waals surface area contributed by atoms with E-state index in [9.17, 15) is 14.4 Å². The maximum absolute atomic E-state index is 12.8. The number of hydrogen-bond donors (Lipinski definition) is 0. The molecule has 0 N–H and O–H groups in total. The average Bonchev–Trinajstić information content (AvgIpc) is 2.79. The summed E-state index contributed by atoms with van der Waals surface area (Å²) in [7, 11) is 0. The summed E-state index contributed by atoms with van der Waals surface area (Å²) < 4.78 is 7.31. The van der Waals surface area contributed by atoms with Gasteiger partial charge in [-0.25, -0.2) is 9.97 Å². The Kier molecular flexibility index (Phi) is 4.88. The maximum atomic E-state index is 12.8. The van der Waals surface area contributed by atoms with Crippen molar-refractivity contribution in [2.75, 3.05) is 31.1 Å². The first kappa shape index (κ1) is 20.2. The monoisotopic (exact) mass is 433 g/mol. The molecule has 1 fully saturated rings. The summed E-state index contributed by atoms with van der Waals surface area (Å²) >= 11 is 0. The minimum atomic E-state index is -0.147. The van der Waals surface area contributed by atoms with Gasteiger partial charge in [0.15, 0.2) is 11.6 Å². The van der Waals surface area contributed by atoms with Crippen LogP contribution in [0.3, 0.4) is 0 Å². The fourth-order valence-electron chi connectivity index (χ4n) is 4.11. The number of pyridine rings is 2. The van der Waals surface area contributed by atoms with Gasteiger partial charge >= 0.3 is 0 Å². The van der Waals surface area contributed by atoms with E-state index >= 15 is 0 Å².